The summed E-state index contributed by atoms with van der Waals surface area (Å²) in [5.74, 6) is 0.288. The van der Waals surface area contributed by atoms with E-state index in [4.69, 9.17) is 15.4 Å². The standard InChI is InChI=1S/C10H12BrClO3S/c1-6-4-9(11)10(15-3)8(7(6)2)5-16(12,13)14/h4H,5H2,1-3H3. The third-order valence-corrected chi connectivity index (χ3v) is 3.95. The number of ether oxygens (including phenoxy) is 1. The van der Waals surface area contributed by atoms with Gasteiger partial charge in [-0.2, -0.15) is 0 Å². The van der Waals surface area contributed by atoms with E-state index >= 15 is 0 Å². The molecule has 1 aromatic rings. The molecule has 0 aliphatic heterocycles. The fourth-order valence-electron chi connectivity index (χ4n) is 1.48. The Morgan fingerprint density at radius 1 is 1.44 bits per heavy atom. The molecule has 0 saturated heterocycles. The number of rotatable bonds is 3. The van der Waals surface area contributed by atoms with E-state index in [2.05, 4.69) is 15.9 Å². The molecule has 0 aromatic heterocycles. The van der Waals surface area contributed by atoms with Crippen molar-refractivity contribution in [2.24, 2.45) is 0 Å². The molecule has 90 valence electrons. The summed E-state index contributed by atoms with van der Waals surface area (Å²) in [6.45, 7) is 3.76. The van der Waals surface area contributed by atoms with Crippen molar-refractivity contribution in [3.05, 3.63) is 27.2 Å². The summed E-state index contributed by atoms with van der Waals surface area (Å²) in [6, 6.07) is 1.89. The SMILES string of the molecule is COc1c(Br)cc(C)c(C)c1CS(=O)(=O)Cl. The molecule has 0 N–H and O–H groups in total. The van der Waals surface area contributed by atoms with Crippen LogP contribution in [0.1, 0.15) is 16.7 Å². The highest BCUT2D eigenvalue weighted by Crippen LogP contribution is 2.35. The number of hydrogen-bond donors (Lipinski definition) is 0. The predicted molar refractivity (Wildman–Crippen MR) is 68.6 cm³/mol. The molecule has 0 aliphatic rings. The molecular formula is C10H12BrClO3S. The number of hydrogen-bond acceptors (Lipinski definition) is 3. The summed E-state index contributed by atoms with van der Waals surface area (Å²) in [5.41, 5.74) is 2.47. The number of methoxy groups -OCH3 is 1. The van der Waals surface area contributed by atoms with E-state index in [0.29, 0.717) is 11.3 Å². The van der Waals surface area contributed by atoms with Crippen LogP contribution in [0.3, 0.4) is 0 Å². The maximum absolute atomic E-state index is 11.1. The number of halogens is 2. The van der Waals surface area contributed by atoms with Gasteiger partial charge in [0.15, 0.2) is 0 Å². The van der Waals surface area contributed by atoms with Crippen molar-refractivity contribution in [2.75, 3.05) is 7.11 Å². The molecule has 0 amide bonds. The second kappa shape index (κ2) is 4.94. The van der Waals surface area contributed by atoms with Crippen molar-refractivity contribution >= 4 is 35.7 Å². The molecule has 1 aromatic carbocycles. The molecule has 1 rings (SSSR count). The Hall–Kier alpha value is -0.260. The lowest BCUT2D eigenvalue weighted by atomic mass is 10.0. The lowest BCUT2D eigenvalue weighted by molar-refractivity contribution is 0.407. The van der Waals surface area contributed by atoms with Crippen molar-refractivity contribution < 1.29 is 13.2 Å². The average molecular weight is 328 g/mol. The zero-order valence-electron chi connectivity index (χ0n) is 9.17. The Bertz CT molecular complexity index is 511. The van der Waals surface area contributed by atoms with Crippen LogP contribution in [0.25, 0.3) is 0 Å². The van der Waals surface area contributed by atoms with Gasteiger partial charge in [-0.15, -0.1) is 0 Å². The zero-order valence-corrected chi connectivity index (χ0v) is 12.3. The minimum absolute atomic E-state index is 0.232. The Labute approximate surface area is 108 Å². The summed E-state index contributed by atoms with van der Waals surface area (Å²) < 4.78 is 28.2. The third-order valence-electron chi connectivity index (χ3n) is 2.40. The Balaban J connectivity index is 3.45. The molecule has 0 unspecified atom stereocenters. The normalized spacial score (nSPS) is 11.6. The molecule has 0 spiro atoms. The molecule has 0 radical (unpaired) electrons. The van der Waals surface area contributed by atoms with Gasteiger partial charge in [-0.3, -0.25) is 0 Å². The van der Waals surface area contributed by atoms with E-state index in [0.717, 1.165) is 15.6 Å². The first-order valence-electron chi connectivity index (χ1n) is 4.51. The van der Waals surface area contributed by atoms with E-state index in [1.807, 2.05) is 19.9 Å². The van der Waals surface area contributed by atoms with Crippen LogP contribution in [0.4, 0.5) is 0 Å². The maximum Gasteiger partial charge on any atom is 0.236 e. The molecule has 0 fully saturated rings. The highest BCUT2D eigenvalue weighted by atomic mass is 79.9. The Morgan fingerprint density at radius 2 is 2.00 bits per heavy atom. The largest absolute Gasteiger partial charge is 0.495 e. The fourth-order valence-corrected chi connectivity index (χ4v) is 3.25. The fraction of sp³-hybridized carbons (Fsp3) is 0.400. The maximum atomic E-state index is 11.1. The topological polar surface area (TPSA) is 43.4 Å². The van der Waals surface area contributed by atoms with Gasteiger partial charge in [-0.25, -0.2) is 8.42 Å². The summed E-state index contributed by atoms with van der Waals surface area (Å²) in [5, 5.41) is 0. The Kier molecular flexibility index (Phi) is 4.26. The van der Waals surface area contributed by atoms with E-state index in [1.165, 1.54) is 7.11 Å². The number of aryl methyl sites for hydroxylation is 1. The minimum atomic E-state index is -3.59. The van der Waals surface area contributed by atoms with Crippen molar-refractivity contribution in [3.8, 4) is 5.75 Å². The molecule has 0 aliphatic carbocycles. The minimum Gasteiger partial charge on any atom is -0.495 e. The van der Waals surface area contributed by atoms with Crippen LogP contribution >= 0.6 is 26.6 Å². The monoisotopic (exact) mass is 326 g/mol. The summed E-state index contributed by atoms with van der Waals surface area (Å²) >= 11 is 3.34. The van der Waals surface area contributed by atoms with Gasteiger partial charge in [0.2, 0.25) is 9.05 Å². The first kappa shape index (κ1) is 13.8. The molecule has 0 bridgehead atoms. The van der Waals surface area contributed by atoms with E-state index in [9.17, 15) is 8.42 Å². The van der Waals surface area contributed by atoms with Crippen LogP contribution < -0.4 is 4.74 Å². The summed E-state index contributed by atoms with van der Waals surface area (Å²) in [7, 11) is 3.18. The molecular weight excluding hydrogens is 316 g/mol. The van der Waals surface area contributed by atoms with Crippen molar-refractivity contribution in [1.82, 2.24) is 0 Å². The van der Waals surface area contributed by atoms with Gasteiger partial charge in [0.25, 0.3) is 0 Å². The van der Waals surface area contributed by atoms with Gasteiger partial charge in [-0.1, -0.05) is 0 Å². The van der Waals surface area contributed by atoms with Crippen LogP contribution in [-0.4, -0.2) is 15.5 Å². The Morgan fingerprint density at radius 3 is 2.44 bits per heavy atom. The van der Waals surface area contributed by atoms with Crippen LogP contribution in [-0.2, 0) is 14.8 Å². The lowest BCUT2D eigenvalue weighted by Gasteiger charge is -2.14. The lowest BCUT2D eigenvalue weighted by Crippen LogP contribution is -2.03. The molecule has 0 heterocycles. The van der Waals surface area contributed by atoms with E-state index in [1.54, 1.807) is 0 Å². The van der Waals surface area contributed by atoms with Gasteiger partial charge in [0.1, 0.15) is 5.75 Å². The van der Waals surface area contributed by atoms with E-state index < -0.39 is 9.05 Å². The second-order valence-electron chi connectivity index (χ2n) is 3.50. The molecule has 0 saturated carbocycles. The smallest absolute Gasteiger partial charge is 0.236 e. The molecule has 3 nitrogen and oxygen atoms in total. The average Bonchev–Trinajstić information content (AvgIpc) is 2.12. The van der Waals surface area contributed by atoms with Gasteiger partial charge < -0.3 is 4.74 Å². The van der Waals surface area contributed by atoms with Gasteiger partial charge in [0.05, 0.1) is 17.3 Å². The molecule has 6 heteroatoms. The van der Waals surface area contributed by atoms with Crippen LogP contribution in [0, 0.1) is 13.8 Å². The highest BCUT2D eigenvalue weighted by molar-refractivity contribution is 9.10. The van der Waals surface area contributed by atoms with Gasteiger partial charge >= 0.3 is 0 Å². The molecule has 16 heavy (non-hydrogen) atoms. The van der Waals surface area contributed by atoms with Gasteiger partial charge in [-0.05, 0) is 47.0 Å². The predicted octanol–water partition coefficient (Wildman–Crippen LogP) is 3.14. The summed E-state index contributed by atoms with van der Waals surface area (Å²) in [6.07, 6.45) is 0. The highest BCUT2D eigenvalue weighted by Gasteiger charge is 2.18. The zero-order chi connectivity index (χ0) is 12.5. The number of benzene rings is 1. The first-order valence-corrected chi connectivity index (χ1v) is 7.78. The first-order chi connectivity index (χ1) is 7.26. The second-order valence-corrected chi connectivity index (χ2v) is 7.13. The molecule has 0 atom stereocenters. The van der Waals surface area contributed by atoms with Crippen molar-refractivity contribution in [1.29, 1.82) is 0 Å². The van der Waals surface area contributed by atoms with Gasteiger partial charge in [0, 0.05) is 16.2 Å². The van der Waals surface area contributed by atoms with Crippen LogP contribution in [0.5, 0.6) is 5.75 Å². The van der Waals surface area contributed by atoms with Crippen molar-refractivity contribution in [2.45, 2.75) is 19.6 Å². The summed E-state index contributed by atoms with van der Waals surface area (Å²) in [4.78, 5) is 0. The van der Waals surface area contributed by atoms with Crippen LogP contribution in [0.15, 0.2) is 10.5 Å². The third kappa shape index (κ3) is 3.12. The van der Waals surface area contributed by atoms with Crippen molar-refractivity contribution in [3.63, 3.8) is 0 Å². The quantitative estimate of drug-likeness (QED) is 0.801. The van der Waals surface area contributed by atoms with Crippen LogP contribution in [0.2, 0.25) is 0 Å². The van der Waals surface area contributed by atoms with E-state index in [-0.39, 0.29) is 5.75 Å².